The summed E-state index contributed by atoms with van der Waals surface area (Å²) in [6, 6.07) is 5.27. The Kier molecular flexibility index (Phi) is 5.44. The smallest absolute Gasteiger partial charge is 0.269 e. The molecule has 0 bridgehead atoms. The van der Waals surface area contributed by atoms with Crippen LogP contribution in [0.2, 0.25) is 0 Å². The molecule has 0 heterocycles. The first-order valence-electron chi connectivity index (χ1n) is 6.01. The molecule has 0 spiro atoms. The first-order chi connectivity index (χ1) is 8.86. The van der Waals surface area contributed by atoms with E-state index < -0.39 is 14.8 Å². The highest BCUT2D eigenvalue weighted by molar-refractivity contribution is 7.91. The number of hydrogen-bond acceptors (Lipinski definition) is 5. The van der Waals surface area contributed by atoms with E-state index in [0.717, 1.165) is 6.42 Å². The third kappa shape index (κ3) is 4.60. The van der Waals surface area contributed by atoms with Crippen molar-refractivity contribution in [3.05, 3.63) is 34.4 Å². The fourth-order valence-electron chi connectivity index (χ4n) is 1.62. The monoisotopic (exact) mass is 286 g/mol. The van der Waals surface area contributed by atoms with Crippen LogP contribution in [0, 0.1) is 10.1 Å². The molecule has 19 heavy (non-hydrogen) atoms. The van der Waals surface area contributed by atoms with Gasteiger partial charge in [-0.25, -0.2) is 8.42 Å². The molecule has 0 aliphatic rings. The summed E-state index contributed by atoms with van der Waals surface area (Å²) in [4.78, 5) is 10.1. The predicted molar refractivity (Wildman–Crippen MR) is 72.9 cm³/mol. The van der Waals surface area contributed by atoms with Crippen LogP contribution in [0.15, 0.2) is 29.2 Å². The average Bonchev–Trinajstić information content (AvgIpc) is 2.38. The van der Waals surface area contributed by atoms with Crippen LogP contribution in [0.3, 0.4) is 0 Å². The van der Waals surface area contributed by atoms with Gasteiger partial charge in [-0.15, -0.1) is 0 Å². The minimum absolute atomic E-state index is 0.0524. The normalized spacial score (nSPS) is 13.2. The summed E-state index contributed by atoms with van der Waals surface area (Å²) in [5.74, 6) is 0.0524. The predicted octanol–water partition coefficient (Wildman–Crippen LogP) is 1.76. The van der Waals surface area contributed by atoms with Crippen LogP contribution in [0.4, 0.5) is 5.69 Å². The molecule has 0 saturated carbocycles. The second-order valence-corrected chi connectivity index (χ2v) is 6.51. The molecule has 0 saturated heterocycles. The molecular formula is C12H18N2O4S. The largest absolute Gasteiger partial charge is 0.317 e. The lowest BCUT2D eigenvalue weighted by Crippen LogP contribution is -2.22. The number of non-ortho nitro benzene ring substituents is 1. The minimum atomic E-state index is -3.36. The van der Waals surface area contributed by atoms with Crippen molar-refractivity contribution in [3.8, 4) is 0 Å². The molecule has 1 aromatic rings. The SMILES string of the molecule is CNC(C)CCCS(=O)(=O)c1ccc([N+](=O)[O-])cc1. The van der Waals surface area contributed by atoms with Gasteiger partial charge < -0.3 is 5.32 Å². The fourth-order valence-corrected chi connectivity index (χ4v) is 2.95. The van der Waals surface area contributed by atoms with Crippen molar-refractivity contribution in [2.24, 2.45) is 0 Å². The average molecular weight is 286 g/mol. The van der Waals surface area contributed by atoms with Crippen molar-refractivity contribution < 1.29 is 13.3 Å². The van der Waals surface area contributed by atoms with Crippen molar-refractivity contribution in [2.75, 3.05) is 12.8 Å². The number of nitro groups is 1. The van der Waals surface area contributed by atoms with Gasteiger partial charge >= 0.3 is 0 Å². The zero-order valence-corrected chi connectivity index (χ0v) is 11.8. The molecular weight excluding hydrogens is 268 g/mol. The second kappa shape index (κ2) is 6.63. The van der Waals surface area contributed by atoms with E-state index in [1.165, 1.54) is 24.3 Å². The lowest BCUT2D eigenvalue weighted by molar-refractivity contribution is -0.384. The van der Waals surface area contributed by atoms with Gasteiger partial charge in [-0.2, -0.15) is 0 Å². The molecule has 0 aromatic heterocycles. The van der Waals surface area contributed by atoms with E-state index in [9.17, 15) is 18.5 Å². The Labute approximate surface area is 112 Å². The quantitative estimate of drug-likeness (QED) is 0.609. The van der Waals surface area contributed by atoms with Gasteiger partial charge in [0.05, 0.1) is 15.6 Å². The third-order valence-electron chi connectivity index (χ3n) is 2.95. The Hall–Kier alpha value is -1.47. The second-order valence-electron chi connectivity index (χ2n) is 4.40. The van der Waals surface area contributed by atoms with Crippen LogP contribution in [-0.2, 0) is 9.84 Å². The van der Waals surface area contributed by atoms with Gasteiger partial charge in [0.1, 0.15) is 0 Å². The number of sulfone groups is 1. The van der Waals surface area contributed by atoms with Gasteiger partial charge in [0.15, 0.2) is 9.84 Å². The number of nitro benzene ring substituents is 1. The summed E-state index contributed by atoms with van der Waals surface area (Å²) in [5, 5.41) is 13.5. The number of hydrogen-bond donors (Lipinski definition) is 1. The number of nitrogens with zero attached hydrogens (tertiary/aromatic N) is 1. The van der Waals surface area contributed by atoms with Gasteiger partial charge in [-0.1, -0.05) is 0 Å². The minimum Gasteiger partial charge on any atom is -0.317 e. The molecule has 0 radical (unpaired) electrons. The standard InChI is InChI=1S/C12H18N2O4S/c1-10(13-2)4-3-9-19(17,18)12-7-5-11(6-8-12)14(15)16/h5-8,10,13H,3-4,9H2,1-2H3. The number of nitrogens with one attached hydrogen (secondary N) is 1. The van der Waals surface area contributed by atoms with Crippen molar-refractivity contribution in [1.29, 1.82) is 0 Å². The Balaban J connectivity index is 2.69. The Morgan fingerprint density at radius 1 is 1.32 bits per heavy atom. The highest BCUT2D eigenvalue weighted by Gasteiger charge is 2.16. The van der Waals surface area contributed by atoms with Crippen molar-refractivity contribution in [3.63, 3.8) is 0 Å². The molecule has 0 aliphatic carbocycles. The summed E-state index contributed by atoms with van der Waals surface area (Å²) >= 11 is 0. The lowest BCUT2D eigenvalue weighted by atomic mass is 10.2. The van der Waals surface area contributed by atoms with Crippen molar-refractivity contribution in [1.82, 2.24) is 5.32 Å². The van der Waals surface area contributed by atoms with E-state index in [-0.39, 0.29) is 22.4 Å². The Morgan fingerprint density at radius 2 is 1.89 bits per heavy atom. The van der Waals surface area contributed by atoms with E-state index in [1.807, 2.05) is 14.0 Å². The van der Waals surface area contributed by atoms with Crippen LogP contribution < -0.4 is 5.32 Å². The summed E-state index contributed by atoms with van der Waals surface area (Å²) in [5.41, 5.74) is -0.109. The van der Waals surface area contributed by atoms with Crippen LogP contribution >= 0.6 is 0 Å². The van der Waals surface area contributed by atoms with E-state index in [4.69, 9.17) is 0 Å². The molecule has 1 unspecified atom stereocenters. The molecule has 6 nitrogen and oxygen atoms in total. The van der Waals surface area contributed by atoms with Gasteiger partial charge in [0.25, 0.3) is 5.69 Å². The third-order valence-corrected chi connectivity index (χ3v) is 4.77. The van der Waals surface area contributed by atoms with Crippen LogP contribution in [0.25, 0.3) is 0 Å². The maximum Gasteiger partial charge on any atom is 0.269 e. The lowest BCUT2D eigenvalue weighted by Gasteiger charge is -2.09. The van der Waals surface area contributed by atoms with E-state index in [1.54, 1.807) is 0 Å². The molecule has 106 valence electrons. The van der Waals surface area contributed by atoms with Gasteiger partial charge in [0.2, 0.25) is 0 Å². The molecule has 7 heteroatoms. The van der Waals surface area contributed by atoms with Crippen LogP contribution in [0.1, 0.15) is 19.8 Å². The van der Waals surface area contributed by atoms with Gasteiger partial charge in [-0.05, 0) is 38.9 Å². The highest BCUT2D eigenvalue weighted by Crippen LogP contribution is 2.18. The maximum atomic E-state index is 12.0. The van der Waals surface area contributed by atoms with Crippen molar-refractivity contribution in [2.45, 2.75) is 30.7 Å². The number of benzene rings is 1. The van der Waals surface area contributed by atoms with E-state index in [0.29, 0.717) is 6.42 Å². The summed E-state index contributed by atoms with van der Waals surface area (Å²) in [7, 11) is -1.53. The van der Waals surface area contributed by atoms with Crippen LogP contribution in [0.5, 0.6) is 0 Å². The summed E-state index contributed by atoms with van der Waals surface area (Å²) < 4.78 is 24.0. The Bertz CT molecular complexity index is 525. The van der Waals surface area contributed by atoms with Gasteiger partial charge in [0, 0.05) is 18.2 Å². The first kappa shape index (κ1) is 15.6. The topological polar surface area (TPSA) is 89.3 Å². The molecule has 0 amide bonds. The summed E-state index contributed by atoms with van der Waals surface area (Å²) in [6.07, 6.45) is 1.32. The zero-order valence-electron chi connectivity index (χ0n) is 11.0. The molecule has 1 N–H and O–H groups in total. The first-order valence-corrected chi connectivity index (χ1v) is 7.66. The molecule has 1 atom stereocenters. The van der Waals surface area contributed by atoms with Crippen molar-refractivity contribution >= 4 is 15.5 Å². The number of rotatable bonds is 7. The Morgan fingerprint density at radius 3 is 2.37 bits per heavy atom. The molecule has 1 aromatic carbocycles. The molecule has 1 rings (SSSR count). The maximum absolute atomic E-state index is 12.0. The van der Waals surface area contributed by atoms with Crippen LogP contribution in [-0.4, -0.2) is 32.2 Å². The van der Waals surface area contributed by atoms with E-state index >= 15 is 0 Å². The van der Waals surface area contributed by atoms with Gasteiger partial charge in [-0.3, -0.25) is 10.1 Å². The molecule has 0 fully saturated rings. The summed E-state index contributed by atoms with van der Waals surface area (Å²) in [6.45, 7) is 1.98. The molecule has 0 aliphatic heterocycles. The zero-order chi connectivity index (χ0) is 14.5. The fraction of sp³-hybridized carbons (Fsp3) is 0.500. The highest BCUT2D eigenvalue weighted by atomic mass is 32.2. The van der Waals surface area contributed by atoms with E-state index in [2.05, 4.69) is 5.32 Å².